The van der Waals surface area contributed by atoms with Gasteiger partial charge in [0.05, 0.1) is 12.2 Å². The number of aliphatic hydroxyl groups excluding tert-OH is 1. The number of alkyl halides is 3. The lowest BCUT2D eigenvalue weighted by Gasteiger charge is -2.17. The van der Waals surface area contributed by atoms with Crippen LogP contribution in [-0.4, -0.2) is 31.5 Å². The minimum atomic E-state index is -4.53. The molecule has 0 saturated carbocycles. The maximum absolute atomic E-state index is 12.8. The van der Waals surface area contributed by atoms with Crippen LogP contribution in [0.5, 0.6) is 5.75 Å². The van der Waals surface area contributed by atoms with Crippen LogP contribution in [0.4, 0.5) is 13.2 Å². The molecule has 0 aliphatic rings. The molecule has 0 aliphatic heterocycles. The van der Waals surface area contributed by atoms with Gasteiger partial charge in [0.25, 0.3) is 0 Å². The topological polar surface area (TPSA) is 64.7 Å². The third-order valence-electron chi connectivity index (χ3n) is 2.38. The Labute approximate surface area is 108 Å². The molecule has 3 N–H and O–H groups in total. The molecular formula is C12H16F3NO3. The van der Waals surface area contributed by atoms with Gasteiger partial charge in [-0.05, 0) is 17.7 Å². The lowest BCUT2D eigenvalue weighted by Crippen LogP contribution is -2.23. The summed E-state index contributed by atoms with van der Waals surface area (Å²) in [6, 6.07) is 3.59. The third-order valence-corrected chi connectivity index (χ3v) is 2.38. The van der Waals surface area contributed by atoms with E-state index in [0.717, 1.165) is 6.07 Å². The number of aliphatic hydroxyl groups is 1. The number of nitrogens with two attached hydrogens (primary N) is 1. The highest BCUT2D eigenvalue weighted by molar-refractivity contribution is 5.39. The lowest BCUT2D eigenvalue weighted by molar-refractivity contribution is -0.139. The maximum atomic E-state index is 12.8. The minimum absolute atomic E-state index is 0.00958. The van der Waals surface area contributed by atoms with Gasteiger partial charge < -0.3 is 20.3 Å². The van der Waals surface area contributed by atoms with Gasteiger partial charge in [0.15, 0.2) is 0 Å². The molecule has 0 saturated heterocycles. The molecule has 108 valence electrons. The standard InChI is InChI=1S/C12H16F3NO3/c1-18-6-9(17)7-19-11-3-2-8(5-16)4-10(11)12(13,14)15/h2-4,9,17H,5-7,16H2,1H3. The number of ether oxygens (including phenoxy) is 2. The normalized spacial score (nSPS) is 13.4. The monoisotopic (exact) mass is 279 g/mol. The highest BCUT2D eigenvalue weighted by atomic mass is 19.4. The van der Waals surface area contributed by atoms with E-state index in [1.54, 1.807) is 0 Å². The molecule has 0 amide bonds. The van der Waals surface area contributed by atoms with Gasteiger partial charge in [-0.2, -0.15) is 13.2 Å². The first kappa shape index (κ1) is 15.7. The summed E-state index contributed by atoms with van der Waals surface area (Å²) in [5.41, 5.74) is 4.76. The Balaban J connectivity index is 2.87. The predicted octanol–water partition coefficient (Wildman–Crippen LogP) is 1.55. The van der Waals surface area contributed by atoms with Crippen molar-refractivity contribution < 1.29 is 27.8 Å². The second-order valence-electron chi connectivity index (χ2n) is 3.95. The van der Waals surface area contributed by atoms with Crippen LogP contribution in [0.15, 0.2) is 18.2 Å². The highest BCUT2D eigenvalue weighted by Crippen LogP contribution is 2.36. The SMILES string of the molecule is COCC(O)COc1ccc(CN)cc1C(F)(F)F. The fourth-order valence-electron chi connectivity index (χ4n) is 1.48. The zero-order valence-corrected chi connectivity index (χ0v) is 10.4. The Morgan fingerprint density at radius 1 is 1.32 bits per heavy atom. The lowest BCUT2D eigenvalue weighted by atomic mass is 10.1. The van der Waals surface area contributed by atoms with Crippen LogP contribution in [0.1, 0.15) is 11.1 Å². The Hall–Kier alpha value is -1.31. The maximum Gasteiger partial charge on any atom is 0.419 e. The molecule has 0 aliphatic carbocycles. The fourth-order valence-corrected chi connectivity index (χ4v) is 1.48. The van der Waals surface area contributed by atoms with Gasteiger partial charge >= 0.3 is 6.18 Å². The quantitative estimate of drug-likeness (QED) is 0.829. The van der Waals surface area contributed by atoms with Crippen LogP contribution in [-0.2, 0) is 17.5 Å². The van der Waals surface area contributed by atoms with Gasteiger partial charge in [-0.15, -0.1) is 0 Å². The molecule has 1 atom stereocenters. The van der Waals surface area contributed by atoms with Gasteiger partial charge in [-0.1, -0.05) is 6.07 Å². The minimum Gasteiger partial charge on any atom is -0.490 e. The van der Waals surface area contributed by atoms with E-state index < -0.39 is 17.8 Å². The summed E-state index contributed by atoms with van der Waals surface area (Å²) in [6.07, 6.45) is -5.52. The van der Waals surface area contributed by atoms with Gasteiger partial charge in [-0.25, -0.2) is 0 Å². The Bertz CT molecular complexity index is 410. The fraction of sp³-hybridized carbons (Fsp3) is 0.500. The van der Waals surface area contributed by atoms with E-state index in [9.17, 15) is 18.3 Å². The zero-order chi connectivity index (χ0) is 14.5. The largest absolute Gasteiger partial charge is 0.490 e. The molecule has 4 nitrogen and oxygen atoms in total. The number of hydrogen-bond acceptors (Lipinski definition) is 4. The number of benzene rings is 1. The summed E-state index contributed by atoms with van der Waals surface area (Å²) in [7, 11) is 1.38. The van der Waals surface area contributed by atoms with Crippen molar-refractivity contribution in [3.8, 4) is 5.75 Å². The van der Waals surface area contributed by atoms with E-state index in [-0.39, 0.29) is 25.5 Å². The zero-order valence-electron chi connectivity index (χ0n) is 10.4. The molecule has 0 radical (unpaired) electrons. The molecule has 0 fully saturated rings. The van der Waals surface area contributed by atoms with Crippen LogP contribution < -0.4 is 10.5 Å². The number of hydrogen-bond donors (Lipinski definition) is 2. The molecule has 0 aromatic heterocycles. The van der Waals surface area contributed by atoms with Crippen molar-refractivity contribution in [1.82, 2.24) is 0 Å². The molecule has 1 unspecified atom stereocenters. The molecule has 0 bridgehead atoms. The van der Waals surface area contributed by atoms with Crippen LogP contribution in [0.25, 0.3) is 0 Å². The molecule has 1 rings (SSSR count). The number of halogens is 3. The third kappa shape index (κ3) is 4.70. The Kier molecular flexibility index (Phi) is 5.59. The summed E-state index contributed by atoms with van der Waals surface area (Å²) in [4.78, 5) is 0. The first-order valence-electron chi connectivity index (χ1n) is 5.58. The summed E-state index contributed by atoms with van der Waals surface area (Å²) in [6.45, 7) is -0.281. The summed E-state index contributed by atoms with van der Waals surface area (Å²) < 4.78 is 48.1. The van der Waals surface area contributed by atoms with Crippen LogP contribution in [0.2, 0.25) is 0 Å². The van der Waals surface area contributed by atoms with Gasteiger partial charge in [0.1, 0.15) is 18.5 Å². The van der Waals surface area contributed by atoms with E-state index in [1.165, 1.54) is 19.2 Å². The molecular weight excluding hydrogens is 263 g/mol. The van der Waals surface area contributed by atoms with E-state index in [1.807, 2.05) is 0 Å². The van der Waals surface area contributed by atoms with Crippen LogP contribution in [0, 0.1) is 0 Å². The average molecular weight is 279 g/mol. The Morgan fingerprint density at radius 2 is 2.00 bits per heavy atom. The molecule has 0 heterocycles. The predicted molar refractivity (Wildman–Crippen MR) is 62.7 cm³/mol. The molecule has 1 aromatic carbocycles. The smallest absolute Gasteiger partial charge is 0.419 e. The highest BCUT2D eigenvalue weighted by Gasteiger charge is 2.34. The molecule has 0 spiro atoms. The van der Waals surface area contributed by atoms with Crippen LogP contribution in [0.3, 0.4) is 0 Å². The molecule has 7 heteroatoms. The van der Waals surface area contributed by atoms with E-state index in [0.29, 0.717) is 5.56 Å². The van der Waals surface area contributed by atoms with Crippen molar-refractivity contribution in [3.63, 3.8) is 0 Å². The van der Waals surface area contributed by atoms with E-state index in [4.69, 9.17) is 10.5 Å². The summed E-state index contributed by atoms with van der Waals surface area (Å²) in [5, 5.41) is 9.35. The summed E-state index contributed by atoms with van der Waals surface area (Å²) in [5.74, 6) is -0.333. The first-order chi connectivity index (χ1) is 8.88. The summed E-state index contributed by atoms with van der Waals surface area (Å²) >= 11 is 0. The van der Waals surface area contributed by atoms with Crippen molar-refractivity contribution in [3.05, 3.63) is 29.3 Å². The van der Waals surface area contributed by atoms with E-state index >= 15 is 0 Å². The van der Waals surface area contributed by atoms with E-state index in [2.05, 4.69) is 4.74 Å². The second-order valence-corrected chi connectivity index (χ2v) is 3.95. The van der Waals surface area contributed by atoms with Crippen molar-refractivity contribution in [1.29, 1.82) is 0 Å². The van der Waals surface area contributed by atoms with Crippen molar-refractivity contribution in [2.24, 2.45) is 5.73 Å². The Morgan fingerprint density at radius 3 is 2.53 bits per heavy atom. The van der Waals surface area contributed by atoms with Gasteiger partial charge in [0, 0.05) is 13.7 Å². The van der Waals surface area contributed by atoms with Crippen molar-refractivity contribution >= 4 is 0 Å². The second kappa shape index (κ2) is 6.74. The van der Waals surface area contributed by atoms with Crippen molar-refractivity contribution in [2.45, 2.75) is 18.8 Å². The van der Waals surface area contributed by atoms with Gasteiger partial charge in [-0.3, -0.25) is 0 Å². The van der Waals surface area contributed by atoms with Crippen LogP contribution >= 0.6 is 0 Å². The average Bonchev–Trinajstić information content (AvgIpc) is 2.35. The van der Waals surface area contributed by atoms with Gasteiger partial charge in [0.2, 0.25) is 0 Å². The number of methoxy groups -OCH3 is 1. The van der Waals surface area contributed by atoms with Crippen molar-refractivity contribution in [2.75, 3.05) is 20.3 Å². The molecule has 19 heavy (non-hydrogen) atoms. The number of rotatable bonds is 6. The first-order valence-corrected chi connectivity index (χ1v) is 5.58. The molecule has 1 aromatic rings.